The zero-order chi connectivity index (χ0) is 19.6. The molecule has 0 radical (unpaired) electrons. The van der Waals surface area contributed by atoms with Gasteiger partial charge in [0.25, 0.3) is 0 Å². The van der Waals surface area contributed by atoms with Gasteiger partial charge in [0.1, 0.15) is 0 Å². The van der Waals surface area contributed by atoms with Crippen molar-refractivity contribution >= 4 is 5.96 Å². The molecule has 0 amide bonds. The second-order valence-corrected chi connectivity index (χ2v) is 7.44. The summed E-state index contributed by atoms with van der Waals surface area (Å²) < 4.78 is 2.16. The Balaban J connectivity index is 1.46. The molecule has 0 atom stereocenters. The van der Waals surface area contributed by atoms with E-state index in [1.165, 1.54) is 11.1 Å². The number of rotatable bonds is 8. The highest BCUT2D eigenvalue weighted by molar-refractivity contribution is 5.79. The number of aliphatic imine (C=N–C) groups is 1. The van der Waals surface area contributed by atoms with Gasteiger partial charge in [0.05, 0.1) is 6.54 Å². The van der Waals surface area contributed by atoms with Crippen LogP contribution in [0.4, 0.5) is 0 Å². The molecule has 1 aromatic carbocycles. The van der Waals surface area contributed by atoms with E-state index >= 15 is 0 Å². The van der Waals surface area contributed by atoms with Crippen molar-refractivity contribution in [2.24, 2.45) is 4.99 Å². The number of hydrogen-bond acceptors (Lipinski definition) is 3. The number of nitrogens with zero attached hydrogens (tertiary/aromatic N) is 4. The predicted octanol–water partition coefficient (Wildman–Crippen LogP) is 1.99. The highest BCUT2D eigenvalue weighted by Gasteiger charge is 2.13. The largest absolute Gasteiger partial charge is 0.357 e. The molecule has 0 saturated carbocycles. The fourth-order valence-electron chi connectivity index (χ4n) is 3.35. The molecular formula is C22H34N6. The van der Waals surface area contributed by atoms with Crippen molar-refractivity contribution in [3.63, 3.8) is 0 Å². The normalized spacial score (nSPS) is 16.3. The first-order valence-corrected chi connectivity index (χ1v) is 10.3. The van der Waals surface area contributed by atoms with E-state index in [0.29, 0.717) is 6.54 Å². The Morgan fingerprint density at radius 1 is 0.964 bits per heavy atom. The van der Waals surface area contributed by atoms with Gasteiger partial charge in [-0.15, -0.1) is 0 Å². The number of aromatic nitrogens is 1. The third kappa shape index (κ3) is 6.69. The summed E-state index contributed by atoms with van der Waals surface area (Å²) in [5, 5.41) is 6.73. The second kappa shape index (κ2) is 10.9. The zero-order valence-electron chi connectivity index (χ0n) is 17.3. The number of benzene rings is 1. The molecule has 6 nitrogen and oxygen atoms in total. The zero-order valence-corrected chi connectivity index (χ0v) is 17.3. The molecule has 2 aromatic rings. The average Bonchev–Trinajstić information content (AvgIpc) is 3.22. The molecule has 28 heavy (non-hydrogen) atoms. The summed E-state index contributed by atoms with van der Waals surface area (Å²) in [6.07, 6.45) is 4.16. The third-order valence-corrected chi connectivity index (χ3v) is 5.12. The Labute approximate surface area is 169 Å². The molecule has 6 heteroatoms. The number of hydrogen-bond donors (Lipinski definition) is 2. The van der Waals surface area contributed by atoms with Gasteiger partial charge in [-0.2, -0.15) is 0 Å². The molecule has 1 saturated heterocycles. The van der Waals surface area contributed by atoms with Gasteiger partial charge in [0.2, 0.25) is 0 Å². The smallest absolute Gasteiger partial charge is 0.191 e. The summed E-state index contributed by atoms with van der Waals surface area (Å²) in [4.78, 5) is 9.65. The lowest BCUT2D eigenvalue weighted by molar-refractivity contribution is 0.148. The Hall–Kier alpha value is -2.31. The van der Waals surface area contributed by atoms with E-state index in [0.717, 1.165) is 58.3 Å². The van der Waals surface area contributed by atoms with Crippen LogP contribution in [-0.2, 0) is 19.6 Å². The maximum Gasteiger partial charge on any atom is 0.191 e. The van der Waals surface area contributed by atoms with Crippen LogP contribution < -0.4 is 10.6 Å². The molecule has 0 aliphatic carbocycles. The first kappa shape index (κ1) is 20.4. The van der Waals surface area contributed by atoms with Crippen molar-refractivity contribution in [1.82, 2.24) is 25.0 Å². The van der Waals surface area contributed by atoms with Crippen LogP contribution in [0.15, 0.2) is 53.8 Å². The van der Waals surface area contributed by atoms with Gasteiger partial charge in [0, 0.05) is 64.8 Å². The van der Waals surface area contributed by atoms with E-state index < -0.39 is 0 Å². The van der Waals surface area contributed by atoms with Crippen LogP contribution in [-0.4, -0.2) is 66.6 Å². The van der Waals surface area contributed by atoms with Gasteiger partial charge in [-0.25, -0.2) is 4.99 Å². The summed E-state index contributed by atoms with van der Waals surface area (Å²) in [5.74, 6) is 0.871. The molecule has 2 N–H and O–H groups in total. The number of guanidine groups is 1. The maximum absolute atomic E-state index is 4.73. The van der Waals surface area contributed by atoms with Crippen LogP contribution in [0.5, 0.6) is 0 Å². The lowest BCUT2D eigenvalue weighted by atomic mass is 10.1. The lowest BCUT2D eigenvalue weighted by Crippen LogP contribution is -2.43. The van der Waals surface area contributed by atoms with Gasteiger partial charge in [-0.1, -0.05) is 24.3 Å². The van der Waals surface area contributed by atoms with Crippen LogP contribution in [0, 0.1) is 0 Å². The molecule has 1 aliphatic rings. The Morgan fingerprint density at radius 2 is 1.64 bits per heavy atom. The molecule has 1 aromatic heterocycles. The van der Waals surface area contributed by atoms with Gasteiger partial charge in [-0.3, -0.25) is 4.90 Å². The summed E-state index contributed by atoms with van der Waals surface area (Å²) >= 11 is 0. The molecule has 1 aliphatic heterocycles. The van der Waals surface area contributed by atoms with E-state index in [1.807, 2.05) is 12.1 Å². The van der Waals surface area contributed by atoms with Crippen molar-refractivity contribution < 1.29 is 0 Å². The highest BCUT2D eigenvalue weighted by Crippen LogP contribution is 2.10. The fraction of sp³-hybridized carbons (Fsp3) is 0.500. The number of likely N-dealkylation sites (N-methyl/N-ethyl adjacent to an activating group) is 1. The molecule has 0 unspecified atom stereocenters. The first-order chi connectivity index (χ1) is 13.7. The fourth-order valence-corrected chi connectivity index (χ4v) is 3.35. The average molecular weight is 383 g/mol. The minimum Gasteiger partial charge on any atom is -0.357 e. The van der Waals surface area contributed by atoms with Crippen molar-refractivity contribution in [2.75, 3.05) is 46.3 Å². The van der Waals surface area contributed by atoms with Gasteiger partial charge in [-0.05, 0) is 37.2 Å². The Bertz CT molecular complexity index is 699. The molecule has 0 bridgehead atoms. The maximum atomic E-state index is 4.73. The minimum absolute atomic E-state index is 0.688. The van der Waals surface area contributed by atoms with E-state index in [-0.39, 0.29) is 0 Å². The lowest BCUT2D eigenvalue weighted by Gasteiger charge is -2.32. The SMILES string of the molecule is CCNC(=NCc1ccc(CN2CCN(C)CC2)cc1)NCCn1cccc1. The van der Waals surface area contributed by atoms with Crippen LogP contribution in [0.3, 0.4) is 0 Å². The molecule has 152 valence electrons. The molecule has 0 spiro atoms. The van der Waals surface area contributed by atoms with E-state index in [1.54, 1.807) is 0 Å². The van der Waals surface area contributed by atoms with Crippen LogP contribution in [0.25, 0.3) is 0 Å². The summed E-state index contributed by atoms with van der Waals surface area (Å²) in [5.41, 5.74) is 2.62. The summed E-state index contributed by atoms with van der Waals surface area (Å²) in [6.45, 7) is 11.1. The Morgan fingerprint density at radius 3 is 2.32 bits per heavy atom. The first-order valence-electron chi connectivity index (χ1n) is 10.3. The van der Waals surface area contributed by atoms with Crippen LogP contribution in [0.2, 0.25) is 0 Å². The van der Waals surface area contributed by atoms with Gasteiger partial charge >= 0.3 is 0 Å². The number of nitrogens with one attached hydrogen (secondary N) is 2. The summed E-state index contributed by atoms with van der Waals surface area (Å²) in [7, 11) is 2.20. The molecule has 3 rings (SSSR count). The second-order valence-electron chi connectivity index (χ2n) is 7.44. The van der Waals surface area contributed by atoms with Crippen molar-refractivity contribution in [3.8, 4) is 0 Å². The monoisotopic (exact) mass is 382 g/mol. The summed E-state index contributed by atoms with van der Waals surface area (Å²) in [6, 6.07) is 13.0. The number of piperazine rings is 1. The standard InChI is InChI=1S/C22H34N6/c1-3-23-22(24-10-13-27-11-4-5-12-27)25-18-20-6-8-21(9-7-20)19-28-16-14-26(2)15-17-28/h4-9,11-12H,3,10,13-19H2,1-2H3,(H2,23,24,25). The minimum atomic E-state index is 0.688. The topological polar surface area (TPSA) is 47.8 Å². The van der Waals surface area contributed by atoms with E-state index in [4.69, 9.17) is 4.99 Å². The predicted molar refractivity (Wildman–Crippen MR) is 116 cm³/mol. The quantitative estimate of drug-likeness (QED) is 0.542. The highest BCUT2D eigenvalue weighted by atomic mass is 15.2. The van der Waals surface area contributed by atoms with Crippen molar-refractivity contribution in [1.29, 1.82) is 0 Å². The van der Waals surface area contributed by atoms with E-state index in [9.17, 15) is 0 Å². The van der Waals surface area contributed by atoms with Crippen molar-refractivity contribution in [2.45, 2.75) is 26.6 Å². The molecule has 1 fully saturated rings. The van der Waals surface area contributed by atoms with Crippen LogP contribution in [0.1, 0.15) is 18.1 Å². The van der Waals surface area contributed by atoms with Gasteiger partial charge < -0.3 is 20.1 Å². The van der Waals surface area contributed by atoms with Crippen molar-refractivity contribution in [3.05, 3.63) is 59.9 Å². The molecule has 2 heterocycles. The Kier molecular flexibility index (Phi) is 7.94. The molecular weight excluding hydrogens is 348 g/mol. The van der Waals surface area contributed by atoms with E-state index in [2.05, 4.69) is 75.6 Å². The van der Waals surface area contributed by atoms with Crippen LogP contribution >= 0.6 is 0 Å². The third-order valence-electron chi connectivity index (χ3n) is 5.12. The van der Waals surface area contributed by atoms with Gasteiger partial charge in [0.15, 0.2) is 5.96 Å².